The summed E-state index contributed by atoms with van der Waals surface area (Å²) in [6.45, 7) is 7.14. The van der Waals surface area contributed by atoms with E-state index in [1.54, 1.807) is 6.33 Å². The molecule has 0 atom stereocenters. The normalized spacial score (nSPS) is 17.6. The number of aliphatic hydroxyl groups is 1. The van der Waals surface area contributed by atoms with Crippen molar-refractivity contribution in [2.45, 2.75) is 39.8 Å². The SMILES string of the molecule is CC(C)Cn1ncnc1CNCC1(CO)CC1. The molecule has 1 aliphatic carbocycles. The Morgan fingerprint density at radius 1 is 1.53 bits per heavy atom. The van der Waals surface area contributed by atoms with Crippen LogP contribution in [0.4, 0.5) is 0 Å². The van der Waals surface area contributed by atoms with Gasteiger partial charge in [-0.25, -0.2) is 9.67 Å². The first-order chi connectivity index (χ1) is 8.15. The third-order valence-corrected chi connectivity index (χ3v) is 3.31. The highest BCUT2D eigenvalue weighted by Crippen LogP contribution is 2.44. The molecule has 0 spiro atoms. The average molecular weight is 238 g/mol. The van der Waals surface area contributed by atoms with Crippen molar-refractivity contribution in [2.75, 3.05) is 13.2 Å². The predicted molar refractivity (Wildman–Crippen MR) is 65.3 cm³/mol. The second-order valence-corrected chi connectivity index (χ2v) is 5.51. The fourth-order valence-electron chi connectivity index (χ4n) is 1.93. The van der Waals surface area contributed by atoms with Gasteiger partial charge in [-0.05, 0) is 18.8 Å². The highest BCUT2D eigenvalue weighted by molar-refractivity contribution is 4.95. The Morgan fingerprint density at radius 2 is 2.29 bits per heavy atom. The van der Waals surface area contributed by atoms with Crippen molar-refractivity contribution in [2.24, 2.45) is 11.3 Å². The van der Waals surface area contributed by atoms with Gasteiger partial charge < -0.3 is 10.4 Å². The summed E-state index contributed by atoms with van der Waals surface area (Å²) in [5.41, 5.74) is 0.156. The molecule has 96 valence electrons. The first-order valence-electron chi connectivity index (χ1n) is 6.33. The van der Waals surface area contributed by atoms with Crippen LogP contribution < -0.4 is 5.32 Å². The summed E-state index contributed by atoms with van der Waals surface area (Å²) in [6, 6.07) is 0. The van der Waals surface area contributed by atoms with Gasteiger partial charge in [0.2, 0.25) is 0 Å². The van der Waals surface area contributed by atoms with Crippen LogP contribution in [0.25, 0.3) is 0 Å². The minimum atomic E-state index is 0.156. The van der Waals surface area contributed by atoms with Crippen LogP contribution in [0.15, 0.2) is 6.33 Å². The number of aromatic nitrogens is 3. The lowest BCUT2D eigenvalue weighted by atomic mass is 10.1. The van der Waals surface area contributed by atoms with Crippen molar-refractivity contribution in [1.82, 2.24) is 20.1 Å². The molecule has 2 N–H and O–H groups in total. The maximum atomic E-state index is 9.21. The molecule has 5 heteroatoms. The van der Waals surface area contributed by atoms with Crippen molar-refractivity contribution < 1.29 is 5.11 Å². The van der Waals surface area contributed by atoms with Gasteiger partial charge in [-0.2, -0.15) is 5.10 Å². The van der Waals surface area contributed by atoms with E-state index in [4.69, 9.17) is 0 Å². The first kappa shape index (κ1) is 12.5. The first-order valence-corrected chi connectivity index (χ1v) is 6.33. The summed E-state index contributed by atoms with van der Waals surface area (Å²) >= 11 is 0. The second kappa shape index (κ2) is 5.14. The van der Waals surface area contributed by atoms with E-state index in [0.29, 0.717) is 12.5 Å². The molecule has 1 saturated carbocycles. The van der Waals surface area contributed by atoms with Crippen molar-refractivity contribution >= 4 is 0 Å². The van der Waals surface area contributed by atoms with Crippen LogP contribution >= 0.6 is 0 Å². The average Bonchev–Trinajstić information content (AvgIpc) is 2.94. The largest absolute Gasteiger partial charge is 0.396 e. The van der Waals surface area contributed by atoms with Crippen molar-refractivity contribution in [3.05, 3.63) is 12.2 Å². The number of aliphatic hydroxyl groups excluding tert-OH is 1. The Hall–Kier alpha value is -0.940. The molecule has 1 fully saturated rings. The van der Waals surface area contributed by atoms with E-state index in [1.165, 1.54) is 0 Å². The molecule has 0 radical (unpaired) electrons. The van der Waals surface area contributed by atoms with E-state index >= 15 is 0 Å². The zero-order valence-corrected chi connectivity index (χ0v) is 10.7. The quantitative estimate of drug-likeness (QED) is 0.737. The summed E-state index contributed by atoms with van der Waals surface area (Å²) in [4.78, 5) is 4.26. The maximum Gasteiger partial charge on any atom is 0.140 e. The van der Waals surface area contributed by atoms with Crippen LogP contribution in [0.5, 0.6) is 0 Å². The van der Waals surface area contributed by atoms with Gasteiger partial charge in [0.05, 0.1) is 6.54 Å². The summed E-state index contributed by atoms with van der Waals surface area (Å²) < 4.78 is 1.95. The highest BCUT2D eigenvalue weighted by atomic mass is 16.3. The lowest BCUT2D eigenvalue weighted by molar-refractivity contribution is 0.207. The van der Waals surface area contributed by atoms with Crippen molar-refractivity contribution in [3.8, 4) is 0 Å². The molecule has 2 rings (SSSR count). The van der Waals surface area contributed by atoms with Gasteiger partial charge in [-0.3, -0.25) is 0 Å². The van der Waals surface area contributed by atoms with Crippen LogP contribution in [0, 0.1) is 11.3 Å². The molecule has 0 aromatic carbocycles. The summed E-state index contributed by atoms with van der Waals surface area (Å²) in [6.07, 6.45) is 3.88. The molecule has 1 aliphatic rings. The van der Waals surface area contributed by atoms with Gasteiger partial charge in [0, 0.05) is 25.1 Å². The van der Waals surface area contributed by atoms with Gasteiger partial charge in [0.25, 0.3) is 0 Å². The van der Waals surface area contributed by atoms with Crippen LogP contribution in [0.3, 0.4) is 0 Å². The Morgan fingerprint density at radius 3 is 2.88 bits per heavy atom. The molecule has 0 unspecified atom stereocenters. The van der Waals surface area contributed by atoms with E-state index in [9.17, 15) is 5.11 Å². The van der Waals surface area contributed by atoms with Gasteiger partial charge in [0.15, 0.2) is 0 Å². The van der Waals surface area contributed by atoms with Gasteiger partial charge >= 0.3 is 0 Å². The third-order valence-electron chi connectivity index (χ3n) is 3.31. The predicted octanol–water partition coefficient (Wildman–Crippen LogP) is 0.796. The van der Waals surface area contributed by atoms with Gasteiger partial charge in [-0.1, -0.05) is 13.8 Å². The van der Waals surface area contributed by atoms with E-state index in [1.807, 2.05) is 4.68 Å². The fourth-order valence-corrected chi connectivity index (χ4v) is 1.93. The number of nitrogens with one attached hydrogen (secondary N) is 1. The molecule has 1 heterocycles. The summed E-state index contributed by atoms with van der Waals surface area (Å²) in [5, 5.41) is 16.8. The van der Waals surface area contributed by atoms with E-state index in [0.717, 1.165) is 38.3 Å². The van der Waals surface area contributed by atoms with E-state index in [-0.39, 0.29) is 5.41 Å². The zero-order valence-electron chi connectivity index (χ0n) is 10.7. The molecule has 0 saturated heterocycles. The number of hydrogen-bond acceptors (Lipinski definition) is 4. The molecule has 0 amide bonds. The Kier molecular flexibility index (Phi) is 3.79. The molecule has 1 aromatic rings. The number of nitrogens with zero attached hydrogens (tertiary/aromatic N) is 3. The van der Waals surface area contributed by atoms with Crippen LogP contribution in [-0.2, 0) is 13.1 Å². The number of hydrogen-bond donors (Lipinski definition) is 2. The Bertz CT molecular complexity index is 357. The molecular formula is C12H22N4O. The van der Waals surface area contributed by atoms with Crippen LogP contribution in [-0.4, -0.2) is 33.0 Å². The maximum absolute atomic E-state index is 9.21. The monoisotopic (exact) mass is 238 g/mol. The Balaban J connectivity index is 1.80. The standard InChI is InChI=1S/C12H22N4O/c1-10(2)6-16-11(14-9-15-16)5-13-7-12(8-17)3-4-12/h9-10,13,17H,3-8H2,1-2H3. The number of rotatable bonds is 7. The minimum absolute atomic E-state index is 0.156. The Labute approximate surface area is 102 Å². The van der Waals surface area contributed by atoms with Crippen LogP contribution in [0.1, 0.15) is 32.5 Å². The van der Waals surface area contributed by atoms with E-state index in [2.05, 4.69) is 29.2 Å². The van der Waals surface area contributed by atoms with Gasteiger partial charge in [0.1, 0.15) is 12.2 Å². The molecule has 1 aromatic heterocycles. The zero-order chi connectivity index (χ0) is 12.3. The lowest BCUT2D eigenvalue weighted by Crippen LogP contribution is -2.27. The molecule has 5 nitrogen and oxygen atoms in total. The van der Waals surface area contributed by atoms with E-state index < -0.39 is 0 Å². The highest BCUT2D eigenvalue weighted by Gasteiger charge is 2.41. The summed E-state index contributed by atoms with van der Waals surface area (Å²) in [5.74, 6) is 1.55. The molecule has 0 aliphatic heterocycles. The smallest absolute Gasteiger partial charge is 0.140 e. The van der Waals surface area contributed by atoms with Gasteiger partial charge in [-0.15, -0.1) is 0 Å². The topological polar surface area (TPSA) is 63.0 Å². The summed E-state index contributed by atoms with van der Waals surface area (Å²) in [7, 11) is 0. The van der Waals surface area contributed by atoms with Crippen molar-refractivity contribution in [3.63, 3.8) is 0 Å². The molecule has 0 bridgehead atoms. The molecule has 17 heavy (non-hydrogen) atoms. The van der Waals surface area contributed by atoms with Crippen molar-refractivity contribution in [1.29, 1.82) is 0 Å². The third kappa shape index (κ3) is 3.26. The minimum Gasteiger partial charge on any atom is -0.396 e. The lowest BCUT2D eigenvalue weighted by Gasteiger charge is -2.13. The van der Waals surface area contributed by atoms with Crippen LogP contribution in [0.2, 0.25) is 0 Å². The molecular weight excluding hydrogens is 216 g/mol. The fraction of sp³-hybridized carbons (Fsp3) is 0.833. The second-order valence-electron chi connectivity index (χ2n) is 5.51.